The molecule has 0 aliphatic heterocycles. The molecule has 5 nitrogen and oxygen atoms in total. The van der Waals surface area contributed by atoms with Crippen LogP contribution in [0.2, 0.25) is 0 Å². The standard InChI is InChI=1S/C15H28N4OS/c1-3-11-16-12-9-7-5-6-8-10-13(12)21-15-18-17-14(20)19(15)4-2/h12-13,16H,3-11H2,1-2H3,(H,17,20). The van der Waals surface area contributed by atoms with Crippen molar-refractivity contribution in [3.8, 4) is 0 Å². The molecule has 2 N–H and O–H groups in total. The van der Waals surface area contributed by atoms with Gasteiger partial charge in [0.2, 0.25) is 0 Å². The van der Waals surface area contributed by atoms with Crippen molar-refractivity contribution in [2.45, 2.75) is 81.8 Å². The molecule has 2 unspecified atom stereocenters. The Labute approximate surface area is 131 Å². The highest BCUT2D eigenvalue weighted by atomic mass is 32.2. The van der Waals surface area contributed by atoms with Gasteiger partial charge in [-0.2, -0.15) is 0 Å². The van der Waals surface area contributed by atoms with Crippen LogP contribution in [-0.2, 0) is 6.54 Å². The van der Waals surface area contributed by atoms with E-state index in [1.54, 1.807) is 16.3 Å². The number of hydrogen-bond donors (Lipinski definition) is 2. The lowest BCUT2D eigenvalue weighted by molar-refractivity contribution is 0.399. The molecule has 0 bridgehead atoms. The summed E-state index contributed by atoms with van der Waals surface area (Å²) in [6.07, 6.45) is 8.87. The fourth-order valence-electron chi connectivity index (χ4n) is 2.96. The van der Waals surface area contributed by atoms with Crippen molar-refractivity contribution in [1.82, 2.24) is 20.1 Å². The molecule has 0 saturated heterocycles. The van der Waals surface area contributed by atoms with Gasteiger partial charge in [0.1, 0.15) is 0 Å². The average Bonchev–Trinajstić information content (AvgIpc) is 2.81. The van der Waals surface area contributed by atoms with Crippen molar-refractivity contribution < 1.29 is 0 Å². The molecule has 1 aromatic heterocycles. The van der Waals surface area contributed by atoms with Crippen LogP contribution in [0.15, 0.2) is 9.95 Å². The highest BCUT2D eigenvalue weighted by molar-refractivity contribution is 7.99. The van der Waals surface area contributed by atoms with E-state index in [-0.39, 0.29) is 5.69 Å². The lowest BCUT2D eigenvalue weighted by atomic mass is 9.96. The molecule has 1 fully saturated rings. The predicted octanol–water partition coefficient (Wildman–Crippen LogP) is 2.77. The molecule has 0 aromatic carbocycles. The molecule has 21 heavy (non-hydrogen) atoms. The molecule has 120 valence electrons. The molecule has 2 rings (SSSR count). The Morgan fingerprint density at radius 2 is 2.05 bits per heavy atom. The third-order valence-corrected chi connectivity index (χ3v) is 5.54. The van der Waals surface area contributed by atoms with Crippen LogP contribution in [0.25, 0.3) is 0 Å². The molecule has 1 heterocycles. The van der Waals surface area contributed by atoms with Crippen molar-refractivity contribution in [1.29, 1.82) is 0 Å². The summed E-state index contributed by atoms with van der Waals surface area (Å²) in [6.45, 7) is 5.95. The second kappa shape index (κ2) is 8.63. The van der Waals surface area contributed by atoms with Gasteiger partial charge in [0.25, 0.3) is 0 Å². The zero-order chi connectivity index (χ0) is 15.1. The molecule has 0 spiro atoms. The Bertz CT molecular complexity index is 468. The third kappa shape index (κ3) is 4.61. The Hall–Kier alpha value is -0.750. The van der Waals surface area contributed by atoms with Gasteiger partial charge >= 0.3 is 5.69 Å². The lowest BCUT2D eigenvalue weighted by Gasteiger charge is -2.29. The van der Waals surface area contributed by atoms with E-state index in [2.05, 4.69) is 22.4 Å². The molecular weight excluding hydrogens is 284 g/mol. The van der Waals surface area contributed by atoms with Gasteiger partial charge in [-0.1, -0.05) is 44.4 Å². The van der Waals surface area contributed by atoms with E-state index in [1.807, 2.05) is 6.92 Å². The number of aromatic nitrogens is 3. The predicted molar refractivity (Wildman–Crippen MR) is 88.0 cm³/mol. The number of aromatic amines is 1. The van der Waals surface area contributed by atoms with Crippen LogP contribution < -0.4 is 11.0 Å². The SMILES string of the molecule is CCCNC1CCCCCCC1Sc1n[nH]c(=O)n1CC. The van der Waals surface area contributed by atoms with Gasteiger partial charge in [-0.15, -0.1) is 5.10 Å². The molecule has 6 heteroatoms. The van der Waals surface area contributed by atoms with E-state index in [9.17, 15) is 4.79 Å². The Morgan fingerprint density at radius 1 is 1.29 bits per heavy atom. The fourth-order valence-corrected chi connectivity index (χ4v) is 4.35. The third-order valence-electron chi connectivity index (χ3n) is 4.16. The first kappa shape index (κ1) is 16.6. The smallest absolute Gasteiger partial charge is 0.313 e. The molecule has 1 saturated carbocycles. The number of nitrogens with one attached hydrogen (secondary N) is 2. The van der Waals surface area contributed by atoms with Gasteiger partial charge in [0, 0.05) is 17.8 Å². The summed E-state index contributed by atoms with van der Waals surface area (Å²) in [5.41, 5.74) is -0.0936. The summed E-state index contributed by atoms with van der Waals surface area (Å²) < 4.78 is 1.74. The maximum Gasteiger partial charge on any atom is 0.343 e. The second-order valence-corrected chi connectivity index (χ2v) is 6.97. The van der Waals surface area contributed by atoms with E-state index >= 15 is 0 Å². The van der Waals surface area contributed by atoms with Crippen molar-refractivity contribution >= 4 is 11.8 Å². The molecule has 0 amide bonds. The quantitative estimate of drug-likeness (QED) is 0.848. The van der Waals surface area contributed by atoms with E-state index in [0.29, 0.717) is 17.8 Å². The Balaban J connectivity index is 2.08. The molecule has 0 radical (unpaired) electrons. The molecule has 1 aliphatic carbocycles. The number of hydrogen-bond acceptors (Lipinski definition) is 4. The van der Waals surface area contributed by atoms with Crippen molar-refractivity contribution in [3.05, 3.63) is 10.5 Å². The fraction of sp³-hybridized carbons (Fsp3) is 0.867. The van der Waals surface area contributed by atoms with Crippen LogP contribution in [0.3, 0.4) is 0 Å². The van der Waals surface area contributed by atoms with E-state index in [0.717, 1.165) is 18.1 Å². The minimum Gasteiger partial charge on any atom is -0.313 e. The van der Waals surface area contributed by atoms with Crippen LogP contribution >= 0.6 is 11.8 Å². The number of rotatable bonds is 6. The van der Waals surface area contributed by atoms with Crippen LogP contribution in [-0.4, -0.2) is 32.6 Å². The van der Waals surface area contributed by atoms with Crippen molar-refractivity contribution in [2.75, 3.05) is 6.54 Å². The van der Waals surface area contributed by atoms with Crippen LogP contribution in [0.1, 0.15) is 58.8 Å². The van der Waals surface area contributed by atoms with Crippen molar-refractivity contribution in [2.24, 2.45) is 0 Å². The normalized spacial score (nSPS) is 23.7. The summed E-state index contributed by atoms with van der Waals surface area (Å²) in [4.78, 5) is 11.7. The molecule has 1 aliphatic rings. The number of thioether (sulfide) groups is 1. The molecule has 2 atom stereocenters. The van der Waals surface area contributed by atoms with Gasteiger partial charge in [-0.25, -0.2) is 9.89 Å². The topological polar surface area (TPSA) is 62.7 Å². The minimum atomic E-state index is -0.0936. The summed E-state index contributed by atoms with van der Waals surface area (Å²) in [5.74, 6) is 0. The summed E-state index contributed by atoms with van der Waals surface area (Å²) in [7, 11) is 0. The summed E-state index contributed by atoms with van der Waals surface area (Å²) in [5, 5.41) is 11.9. The van der Waals surface area contributed by atoms with Gasteiger partial charge in [0.05, 0.1) is 0 Å². The first-order valence-electron chi connectivity index (χ1n) is 8.31. The maximum absolute atomic E-state index is 11.7. The average molecular weight is 312 g/mol. The maximum atomic E-state index is 11.7. The zero-order valence-corrected chi connectivity index (χ0v) is 14.0. The Kier molecular flexibility index (Phi) is 6.83. The van der Waals surface area contributed by atoms with E-state index < -0.39 is 0 Å². The van der Waals surface area contributed by atoms with Crippen LogP contribution in [0.4, 0.5) is 0 Å². The van der Waals surface area contributed by atoms with Gasteiger partial charge < -0.3 is 5.32 Å². The van der Waals surface area contributed by atoms with E-state index in [4.69, 9.17) is 0 Å². The summed E-state index contributed by atoms with van der Waals surface area (Å²) in [6, 6.07) is 0.535. The van der Waals surface area contributed by atoms with Gasteiger partial charge in [-0.05, 0) is 32.7 Å². The first-order valence-corrected chi connectivity index (χ1v) is 9.19. The van der Waals surface area contributed by atoms with Crippen LogP contribution in [0, 0.1) is 0 Å². The summed E-state index contributed by atoms with van der Waals surface area (Å²) >= 11 is 1.78. The van der Waals surface area contributed by atoms with E-state index in [1.165, 1.54) is 38.5 Å². The van der Waals surface area contributed by atoms with Gasteiger partial charge in [-0.3, -0.25) is 4.57 Å². The number of nitrogens with zero attached hydrogens (tertiary/aromatic N) is 2. The van der Waals surface area contributed by atoms with Crippen molar-refractivity contribution in [3.63, 3.8) is 0 Å². The number of H-pyrrole nitrogens is 1. The monoisotopic (exact) mass is 312 g/mol. The lowest BCUT2D eigenvalue weighted by Crippen LogP contribution is -2.39. The zero-order valence-electron chi connectivity index (χ0n) is 13.2. The van der Waals surface area contributed by atoms with Gasteiger partial charge in [0.15, 0.2) is 5.16 Å². The second-order valence-electron chi connectivity index (χ2n) is 5.76. The molecular formula is C15H28N4OS. The molecule has 1 aromatic rings. The highest BCUT2D eigenvalue weighted by Gasteiger charge is 2.25. The van der Waals surface area contributed by atoms with Crippen LogP contribution in [0.5, 0.6) is 0 Å². The largest absolute Gasteiger partial charge is 0.343 e. The highest BCUT2D eigenvalue weighted by Crippen LogP contribution is 2.31. The minimum absolute atomic E-state index is 0.0936. The Morgan fingerprint density at radius 3 is 2.76 bits per heavy atom. The first-order chi connectivity index (χ1) is 10.3.